The molecule has 2 aromatic rings. The van der Waals surface area contributed by atoms with Crippen LogP contribution in [0.2, 0.25) is 0 Å². The molecule has 0 amide bonds. The molecule has 0 aliphatic carbocycles. The predicted molar refractivity (Wildman–Crippen MR) is 94.6 cm³/mol. The number of halogens is 2. The van der Waals surface area contributed by atoms with E-state index in [9.17, 15) is 8.78 Å². The van der Waals surface area contributed by atoms with Crippen molar-refractivity contribution in [3.8, 4) is 5.69 Å². The lowest BCUT2D eigenvalue weighted by Crippen LogP contribution is -2.52. The van der Waals surface area contributed by atoms with Crippen molar-refractivity contribution in [1.29, 1.82) is 0 Å². The van der Waals surface area contributed by atoms with Gasteiger partial charge in [0.15, 0.2) is 5.82 Å². The van der Waals surface area contributed by atoms with Crippen LogP contribution in [0.5, 0.6) is 0 Å². The molecule has 1 aromatic carbocycles. The van der Waals surface area contributed by atoms with Crippen LogP contribution in [0.25, 0.3) is 5.69 Å². The highest BCUT2D eigenvalue weighted by Gasteiger charge is 2.33. The number of nitrogens with two attached hydrogens (primary N) is 1. The maximum atomic E-state index is 14.1. The lowest BCUT2D eigenvalue weighted by atomic mass is 9.79. The van der Waals surface area contributed by atoms with Gasteiger partial charge in [-0.15, -0.1) is 0 Å². The molecule has 1 unspecified atom stereocenters. The first-order valence-electron chi connectivity index (χ1n) is 8.67. The molecule has 0 saturated carbocycles. The molecule has 0 spiro atoms. The molecule has 1 aromatic heterocycles. The fraction of sp³-hybridized carbons (Fsp3) is 0.526. The van der Waals surface area contributed by atoms with Gasteiger partial charge in [-0.25, -0.2) is 13.5 Å². The second-order valence-electron chi connectivity index (χ2n) is 7.75. The molecule has 136 valence electrons. The Morgan fingerprint density at radius 2 is 2.00 bits per heavy atom. The molecule has 1 aliphatic heterocycles. The van der Waals surface area contributed by atoms with Gasteiger partial charge in [0, 0.05) is 43.0 Å². The number of rotatable bonds is 3. The molecule has 6 heteroatoms. The fourth-order valence-electron chi connectivity index (χ4n) is 3.63. The van der Waals surface area contributed by atoms with Crippen LogP contribution in [0, 0.1) is 30.9 Å². The molecule has 4 nitrogen and oxygen atoms in total. The number of benzene rings is 1. The number of piperidine rings is 1. The molecule has 2 N–H and O–H groups in total. The number of hydrogen-bond donors (Lipinski definition) is 1. The third-order valence-electron chi connectivity index (χ3n) is 5.35. The summed E-state index contributed by atoms with van der Waals surface area (Å²) in [5.74, 6) is -1.20. The van der Waals surface area contributed by atoms with Crippen molar-refractivity contribution in [2.75, 3.05) is 13.1 Å². The van der Waals surface area contributed by atoms with Crippen LogP contribution < -0.4 is 5.73 Å². The SMILES string of the molecule is Cc1nn(-c2ccc(F)cc2F)c(C)c1CN1CCC(N)C(C)(C)C1. The zero-order valence-corrected chi connectivity index (χ0v) is 15.3. The zero-order chi connectivity index (χ0) is 18.4. The predicted octanol–water partition coefficient (Wildman–Crippen LogP) is 3.33. The van der Waals surface area contributed by atoms with E-state index in [0.717, 1.165) is 49.1 Å². The van der Waals surface area contributed by atoms with Crippen molar-refractivity contribution in [1.82, 2.24) is 14.7 Å². The molecule has 1 fully saturated rings. The topological polar surface area (TPSA) is 47.1 Å². The second kappa shape index (κ2) is 6.50. The summed E-state index contributed by atoms with van der Waals surface area (Å²) in [5, 5.41) is 4.49. The third-order valence-corrected chi connectivity index (χ3v) is 5.35. The van der Waals surface area contributed by atoms with E-state index in [-0.39, 0.29) is 17.1 Å². The molecule has 0 radical (unpaired) electrons. The number of aromatic nitrogens is 2. The van der Waals surface area contributed by atoms with Crippen LogP contribution in [0.3, 0.4) is 0 Å². The van der Waals surface area contributed by atoms with E-state index >= 15 is 0 Å². The average molecular weight is 348 g/mol. The molecule has 1 saturated heterocycles. The monoisotopic (exact) mass is 348 g/mol. The highest BCUT2D eigenvalue weighted by molar-refractivity contribution is 5.38. The van der Waals surface area contributed by atoms with Crippen LogP contribution in [0.4, 0.5) is 8.78 Å². The van der Waals surface area contributed by atoms with Gasteiger partial charge >= 0.3 is 0 Å². The van der Waals surface area contributed by atoms with Crippen LogP contribution in [0.15, 0.2) is 18.2 Å². The fourth-order valence-corrected chi connectivity index (χ4v) is 3.63. The van der Waals surface area contributed by atoms with Gasteiger partial charge in [0.25, 0.3) is 0 Å². The minimum atomic E-state index is -0.609. The number of aryl methyl sites for hydroxylation is 1. The Kier molecular flexibility index (Phi) is 4.68. The second-order valence-corrected chi connectivity index (χ2v) is 7.75. The maximum Gasteiger partial charge on any atom is 0.151 e. The summed E-state index contributed by atoms with van der Waals surface area (Å²) in [6.45, 7) is 10.9. The molecule has 2 heterocycles. The van der Waals surface area contributed by atoms with Gasteiger partial charge in [-0.3, -0.25) is 4.90 Å². The van der Waals surface area contributed by atoms with Gasteiger partial charge in [-0.2, -0.15) is 5.10 Å². The molecular weight excluding hydrogens is 322 g/mol. The first-order chi connectivity index (χ1) is 11.7. The smallest absolute Gasteiger partial charge is 0.151 e. The maximum absolute atomic E-state index is 14.1. The lowest BCUT2D eigenvalue weighted by Gasteiger charge is -2.42. The van der Waals surface area contributed by atoms with E-state index < -0.39 is 11.6 Å². The van der Waals surface area contributed by atoms with E-state index in [2.05, 4.69) is 23.8 Å². The van der Waals surface area contributed by atoms with Gasteiger partial charge < -0.3 is 5.73 Å². The number of likely N-dealkylation sites (tertiary alicyclic amines) is 1. The Balaban J connectivity index is 1.88. The normalized spacial score (nSPS) is 20.8. The van der Waals surface area contributed by atoms with Crippen molar-refractivity contribution in [2.24, 2.45) is 11.1 Å². The average Bonchev–Trinajstić information content (AvgIpc) is 2.79. The Hall–Kier alpha value is -1.79. The minimum absolute atomic E-state index is 0.0686. The number of nitrogens with zero attached hydrogens (tertiary/aromatic N) is 3. The van der Waals surface area contributed by atoms with Gasteiger partial charge in [0.1, 0.15) is 11.5 Å². The summed E-state index contributed by atoms with van der Waals surface area (Å²) in [6, 6.07) is 3.78. The van der Waals surface area contributed by atoms with Gasteiger partial charge in [0.2, 0.25) is 0 Å². The molecule has 25 heavy (non-hydrogen) atoms. The van der Waals surface area contributed by atoms with E-state index in [0.29, 0.717) is 0 Å². The highest BCUT2D eigenvalue weighted by Crippen LogP contribution is 2.30. The van der Waals surface area contributed by atoms with Crippen molar-refractivity contribution in [3.63, 3.8) is 0 Å². The van der Waals surface area contributed by atoms with Crippen molar-refractivity contribution in [2.45, 2.75) is 46.7 Å². The summed E-state index contributed by atoms with van der Waals surface area (Å²) >= 11 is 0. The quantitative estimate of drug-likeness (QED) is 0.925. The molecule has 1 aliphatic rings. The van der Waals surface area contributed by atoms with Crippen LogP contribution in [-0.4, -0.2) is 33.8 Å². The van der Waals surface area contributed by atoms with Crippen LogP contribution in [0.1, 0.15) is 37.2 Å². The van der Waals surface area contributed by atoms with Gasteiger partial charge in [-0.05, 0) is 37.8 Å². The molecule has 3 rings (SSSR count). The Bertz CT molecular complexity index is 782. The third kappa shape index (κ3) is 3.46. The Morgan fingerprint density at radius 1 is 1.28 bits per heavy atom. The largest absolute Gasteiger partial charge is 0.327 e. The standard InChI is InChI=1S/C19H26F2N4/c1-12-15(10-24-8-7-18(22)19(3,4)11-24)13(2)25(23-12)17-6-5-14(20)9-16(17)21/h5-6,9,18H,7-8,10-11,22H2,1-4H3. The summed E-state index contributed by atoms with van der Waals surface area (Å²) in [7, 11) is 0. The summed E-state index contributed by atoms with van der Waals surface area (Å²) in [5.41, 5.74) is 9.41. The number of hydrogen-bond acceptors (Lipinski definition) is 3. The van der Waals surface area contributed by atoms with E-state index in [4.69, 9.17) is 5.73 Å². The zero-order valence-electron chi connectivity index (χ0n) is 15.3. The summed E-state index contributed by atoms with van der Waals surface area (Å²) < 4.78 is 28.9. The van der Waals surface area contributed by atoms with Crippen LogP contribution >= 0.6 is 0 Å². The van der Waals surface area contributed by atoms with Gasteiger partial charge in [0.05, 0.1) is 5.69 Å². The van der Waals surface area contributed by atoms with Crippen molar-refractivity contribution >= 4 is 0 Å². The summed E-state index contributed by atoms with van der Waals surface area (Å²) in [4.78, 5) is 2.38. The van der Waals surface area contributed by atoms with E-state index in [1.165, 1.54) is 12.1 Å². The Morgan fingerprint density at radius 3 is 2.64 bits per heavy atom. The first-order valence-corrected chi connectivity index (χ1v) is 8.67. The summed E-state index contributed by atoms with van der Waals surface area (Å²) in [6.07, 6.45) is 0.964. The molecular formula is C19H26F2N4. The molecule has 1 atom stereocenters. The van der Waals surface area contributed by atoms with E-state index in [1.54, 1.807) is 4.68 Å². The van der Waals surface area contributed by atoms with Gasteiger partial charge in [-0.1, -0.05) is 13.8 Å². The molecule has 0 bridgehead atoms. The van der Waals surface area contributed by atoms with Crippen molar-refractivity contribution in [3.05, 3.63) is 46.8 Å². The lowest BCUT2D eigenvalue weighted by molar-refractivity contribution is 0.0896. The van der Waals surface area contributed by atoms with Crippen molar-refractivity contribution < 1.29 is 8.78 Å². The van der Waals surface area contributed by atoms with Crippen LogP contribution in [-0.2, 0) is 6.54 Å². The first kappa shape index (κ1) is 18.0. The minimum Gasteiger partial charge on any atom is -0.327 e. The Labute approximate surface area is 147 Å². The highest BCUT2D eigenvalue weighted by atomic mass is 19.1. The van der Waals surface area contributed by atoms with E-state index in [1.807, 2.05) is 13.8 Å².